The van der Waals surface area contributed by atoms with E-state index >= 15 is 0 Å². The lowest BCUT2D eigenvalue weighted by atomic mass is 9.86. The van der Waals surface area contributed by atoms with Crippen LogP contribution in [-0.4, -0.2) is 34.6 Å². The molecular weight excluding hydrogens is 406 g/mol. The molecule has 30 heavy (non-hydrogen) atoms. The van der Waals surface area contributed by atoms with Crippen molar-refractivity contribution in [3.63, 3.8) is 0 Å². The molecule has 1 saturated heterocycles. The summed E-state index contributed by atoms with van der Waals surface area (Å²) in [5, 5.41) is 5.64. The number of carbonyl (C=O) groups excluding carboxylic acids is 3. The van der Waals surface area contributed by atoms with Crippen molar-refractivity contribution in [3.05, 3.63) is 47.0 Å². The number of aromatic nitrogens is 1. The van der Waals surface area contributed by atoms with E-state index in [4.69, 9.17) is 9.47 Å². The van der Waals surface area contributed by atoms with Crippen LogP contribution in [0.2, 0.25) is 0 Å². The smallest absolute Gasteiger partial charge is 0.413 e. The van der Waals surface area contributed by atoms with Crippen LogP contribution >= 0.6 is 11.3 Å². The first-order chi connectivity index (χ1) is 14.2. The summed E-state index contributed by atoms with van der Waals surface area (Å²) in [5.41, 5.74) is 0.300. The Morgan fingerprint density at radius 2 is 1.97 bits per heavy atom. The van der Waals surface area contributed by atoms with Gasteiger partial charge in [-0.25, -0.2) is 14.6 Å². The van der Waals surface area contributed by atoms with Crippen LogP contribution in [0.15, 0.2) is 36.5 Å². The van der Waals surface area contributed by atoms with Gasteiger partial charge in [0.15, 0.2) is 5.13 Å². The molecule has 3 rings (SSSR count). The fourth-order valence-electron chi connectivity index (χ4n) is 2.93. The van der Waals surface area contributed by atoms with Gasteiger partial charge in [-0.1, -0.05) is 30.3 Å². The summed E-state index contributed by atoms with van der Waals surface area (Å²) < 4.78 is 10.5. The molecule has 2 heterocycles. The highest BCUT2D eigenvalue weighted by Crippen LogP contribution is 2.26. The quantitative estimate of drug-likeness (QED) is 0.515. The van der Waals surface area contributed by atoms with E-state index in [9.17, 15) is 14.4 Å². The molecule has 1 fully saturated rings. The SMILES string of the molecule is CC(C)(C)OC(=O)Nc1ncc(CC[C@@H]2C(=O)N[C@@H]2C(=O)OCc2ccccc2)s1. The highest BCUT2D eigenvalue weighted by Gasteiger charge is 2.44. The van der Waals surface area contributed by atoms with Crippen molar-refractivity contribution in [2.45, 2.75) is 51.9 Å². The number of carbonyl (C=O) groups is 3. The number of hydrogen-bond donors (Lipinski definition) is 2. The lowest BCUT2D eigenvalue weighted by Crippen LogP contribution is -2.62. The Balaban J connectivity index is 1.46. The van der Waals surface area contributed by atoms with Crippen LogP contribution < -0.4 is 10.6 Å². The minimum atomic E-state index is -0.631. The molecule has 2 atom stereocenters. The van der Waals surface area contributed by atoms with E-state index in [0.29, 0.717) is 18.0 Å². The topological polar surface area (TPSA) is 107 Å². The fourth-order valence-corrected chi connectivity index (χ4v) is 3.74. The molecule has 2 amide bonds. The van der Waals surface area contributed by atoms with Crippen LogP contribution in [0.4, 0.5) is 9.93 Å². The zero-order valence-corrected chi connectivity index (χ0v) is 18.0. The number of nitrogens with zero attached hydrogens (tertiary/aromatic N) is 1. The van der Waals surface area contributed by atoms with Crippen molar-refractivity contribution >= 4 is 34.4 Å². The van der Waals surface area contributed by atoms with Crippen molar-refractivity contribution in [2.75, 3.05) is 5.32 Å². The fraction of sp³-hybridized carbons (Fsp3) is 0.429. The molecule has 0 aliphatic carbocycles. The molecule has 0 saturated carbocycles. The van der Waals surface area contributed by atoms with Gasteiger partial charge in [0.2, 0.25) is 5.91 Å². The van der Waals surface area contributed by atoms with Crippen molar-refractivity contribution in [3.8, 4) is 0 Å². The Morgan fingerprint density at radius 3 is 2.63 bits per heavy atom. The van der Waals surface area contributed by atoms with E-state index in [0.717, 1.165) is 10.4 Å². The average Bonchev–Trinajstić information content (AvgIpc) is 3.10. The van der Waals surface area contributed by atoms with Crippen LogP contribution in [0.25, 0.3) is 0 Å². The molecule has 8 nitrogen and oxygen atoms in total. The molecule has 2 aromatic rings. The zero-order chi connectivity index (χ0) is 21.7. The molecule has 0 spiro atoms. The first-order valence-electron chi connectivity index (χ1n) is 9.67. The molecule has 1 aromatic heterocycles. The summed E-state index contributed by atoms with van der Waals surface area (Å²) in [6, 6.07) is 8.75. The molecule has 1 aliphatic rings. The normalized spacial score (nSPS) is 18.2. The number of benzene rings is 1. The second-order valence-corrected chi connectivity index (χ2v) is 9.10. The molecule has 160 valence electrons. The van der Waals surface area contributed by atoms with Crippen molar-refractivity contribution < 1.29 is 23.9 Å². The monoisotopic (exact) mass is 431 g/mol. The van der Waals surface area contributed by atoms with E-state index in [-0.39, 0.29) is 12.5 Å². The molecule has 0 radical (unpaired) electrons. The highest BCUT2D eigenvalue weighted by atomic mass is 32.1. The molecule has 1 aromatic carbocycles. The number of β-lactam (4-membered cyclic amide) rings is 1. The first-order valence-corrected chi connectivity index (χ1v) is 10.5. The van der Waals surface area contributed by atoms with Crippen LogP contribution in [-0.2, 0) is 32.1 Å². The average molecular weight is 432 g/mol. The molecule has 0 bridgehead atoms. The summed E-state index contributed by atoms with van der Waals surface area (Å²) in [6.07, 6.45) is 2.14. The van der Waals surface area contributed by atoms with Gasteiger partial charge in [0.1, 0.15) is 18.2 Å². The number of ether oxygens (including phenoxy) is 2. The molecule has 0 unspecified atom stereocenters. The largest absolute Gasteiger partial charge is 0.459 e. The summed E-state index contributed by atoms with van der Waals surface area (Å²) in [6.45, 7) is 5.52. The number of aryl methyl sites for hydroxylation is 1. The van der Waals surface area contributed by atoms with Crippen LogP contribution in [0.5, 0.6) is 0 Å². The second-order valence-electron chi connectivity index (χ2n) is 7.98. The number of esters is 1. The minimum Gasteiger partial charge on any atom is -0.459 e. The summed E-state index contributed by atoms with van der Waals surface area (Å²) in [4.78, 5) is 41.1. The van der Waals surface area contributed by atoms with Crippen molar-refractivity contribution in [1.29, 1.82) is 0 Å². The second kappa shape index (κ2) is 9.25. The number of rotatable bonds is 7. The lowest BCUT2D eigenvalue weighted by molar-refractivity contribution is -0.159. The Morgan fingerprint density at radius 1 is 1.23 bits per heavy atom. The first kappa shape index (κ1) is 21.8. The third kappa shape index (κ3) is 6.03. The Labute approximate surface area is 179 Å². The van der Waals surface area contributed by atoms with Gasteiger partial charge in [-0.15, -0.1) is 11.3 Å². The van der Waals surface area contributed by atoms with Crippen LogP contribution in [0, 0.1) is 5.92 Å². The van der Waals surface area contributed by atoms with Crippen LogP contribution in [0.3, 0.4) is 0 Å². The van der Waals surface area contributed by atoms with Crippen molar-refractivity contribution in [1.82, 2.24) is 10.3 Å². The van der Waals surface area contributed by atoms with E-state index in [1.54, 1.807) is 27.0 Å². The Kier molecular flexibility index (Phi) is 6.71. The summed E-state index contributed by atoms with van der Waals surface area (Å²) in [7, 11) is 0. The number of nitrogens with one attached hydrogen (secondary N) is 2. The molecular formula is C21H25N3O5S. The maximum Gasteiger partial charge on any atom is 0.413 e. The van der Waals surface area contributed by atoms with E-state index in [2.05, 4.69) is 15.6 Å². The third-order valence-corrected chi connectivity index (χ3v) is 5.35. The van der Waals surface area contributed by atoms with Gasteiger partial charge in [0.05, 0.1) is 5.92 Å². The Hall–Kier alpha value is -2.94. The lowest BCUT2D eigenvalue weighted by Gasteiger charge is -2.34. The van der Waals surface area contributed by atoms with E-state index < -0.39 is 29.6 Å². The maximum atomic E-state index is 12.3. The van der Waals surface area contributed by atoms with Gasteiger partial charge in [0, 0.05) is 11.1 Å². The molecule has 1 aliphatic heterocycles. The van der Waals surface area contributed by atoms with Gasteiger partial charge in [0.25, 0.3) is 0 Å². The molecule has 9 heteroatoms. The zero-order valence-electron chi connectivity index (χ0n) is 17.1. The predicted molar refractivity (Wildman–Crippen MR) is 112 cm³/mol. The van der Waals surface area contributed by atoms with E-state index in [1.807, 2.05) is 30.3 Å². The number of thiazole rings is 1. The van der Waals surface area contributed by atoms with Gasteiger partial charge >= 0.3 is 12.1 Å². The standard InChI is InChI=1S/C21H25N3O5S/c1-21(2,3)29-20(27)24-19-22-11-14(30-19)9-10-15-16(23-17(15)25)18(26)28-12-13-7-5-4-6-8-13/h4-8,11,15-16H,9-10,12H2,1-3H3,(H,23,25)(H,22,24,27)/t15-,16-/m0/s1. The van der Waals surface area contributed by atoms with Gasteiger partial charge in [-0.05, 0) is 39.2 Å². The van der Waals surface area contributed by atoms with Gasteiger partial charge in [-0.2, -0.15) is 0 Å². The maximum absolute atomic E-state index is 12.3. The number of amides is 2. The summed E-state index contributed by atoms with van der Waals surface area (Å²) in [5.74, 6) is -1.02. The van der Waals surface area contributed by atoms with Gasteiger partial charge < -0.3 is 14.8 Å². The van der Waals surface area contributed by atoms with Crippen molar-refractivity contribution in [2.24, 2.45) is 5.92 Å². The van der Waals surface area contributed by atoms with Gasteiger partial charge in [-0.3, -0.25) is 10.1 Å². The molecule has 2 N–H and O–H groups in total. The minimum absolute atomic E-state index is 0.159. The predicted octanol–water partition coefficient (Wildman–Crippen LogP) is 3.28. The number of anilines is 1. The number of hydrogen-bond acceptors (Lipinski definition) is 7. The Bertz CT molecular complexity index is 907. The van der Waals surface area contributed by atoms with E-state index in [1.165, 1.54) is 11.3 Å². The highest BCUT2D eigenvalue weighted by molar-refractivity contribution is 7.15. The summed E-state index contributed by atoms with van der Waals surface area (Å²) >= 11 is 1.31. The van der Waals surface area contributed by atoms with Crippen LogP contribution in [0.1, 0.15) is 37.6 Å². The third-order valence-electron chi connectivity index (χ3n) is 4.38.